The molecular formula is C13H18FNO. The molecule has 1 aromatic rings. The van der Waals surface area contributed by atoms with Gasteiger partial charge in [0.1, 0.15) is 5.82 Å². The second kappa shape index (κ2) is 5.21. The fourth-order valence-corrected chi connectivity index (χ4v) is 1.64. The Kier molecular flexibility index (Phi) is 4.19. The largest absolute Gasteiger partial charge is 0.330 e. The van der Waals surface area contributed by atoms with Crippen molar-refractivity contribution in [3.63, 3.8) is 0 Å². The van der Waals surface area contributed by atoms with Gasteiger partial charge in [0.05, 0.1) is 0 Å². The predicted octanol–water partition coefficient (Wildman–Crippen LogP) is 2.55. The molecule has 1 aromatic carbocycles. The molecule has 0 saturated carbocycles. The summed E-state index contributed by atoms with van der Waals surface area (Å²) in [6, 6.07) is 4.57. The van der Waals surface area contributed by atoms with Crippen molar-refractivity contribution in [2.45, 2.75) is 20.8 Å². The molecule has 88 valence electrons. The highest BCUT2D eigenvalue weighted by Gasteiger charge is 2.22. The van der Waals surface area contributed by atoms with Crippen molar-refractivity contribution in [3.8, 4) is 0 Å². The van der Waals surface area contributed by atoms with Crippen LogP contribution in [0.3, 0.4) is 0 Å². The highest BCUT2D eigenvalue weighted by Crippen LogP contribution is 2.18. The van der Waals surface area contributed by atoms with Crippen molar-refractivity contribution in [2.24, 2.45) is 17.6 Å². The first-order valence-corrected chi connectivity index (χ1v) is 5.47. The maximum Gasteiger partial charge on any atom is 0.167 e. The zero-order valence-electron chi connectivity index (χ0n) is 9.96. The van der Waals surface area contributed by atoms with Crippen LogP contribution in [0.15, 0.2) is 18.2 Å². The van der Waals surface area contributed by atoms with Crippen LogP contribution in [0.4, 0.5) is 4.39 Å². The molecule has 0 bridgehead atoms. The minimum atomic E-state index is -0.342. The van der Waals surface area contributed by atoms with E-state index in [-0.39, 0.29) is 23.4 Å². The Labute approximate surface area is 95.7 Å². The normalized spacial score (nSPS) is 12.9. The summed E-state index contributed by atoms with van der Waals surface area (Å²) in [6.07, 6.45) is 0. The van der Waals surface area contributed by atoms with Crippen LogP contribution in [-0.4, -0.2) is 12.3 Å². The Hall–Kier alpha value is -1.22. The van der Waals surface area contributed by atoms with Crippen LogP contribution < -0.4 is 5.73 Å². The molecule has 0 amide bonds. The molecule has 3 heteroatoms. The molecule has 0 spiro atoms. The lowest BCUT2D eigenvalue weighted by Gasteiger charge is -2.17. The summed E-state index contributed by atoms with van der Waals surface area (Å²) in [4.78, 5) is 12.0. The summed E-state index contributed by atoms with van der Waals surface area (Å²) in [7, 11) is 0. The Bertz CT molecular complexity index is 388. The number of hydrogen-bond acceptors (Lipinski definition) is 2. The smallest absolute Gasteiger partial charge is 0.167 e. The van der Waals surface area contributed by atoms with Gasteiger partial charge in [0.15, 0.2) is 5.78 Å². The molecule has 2 nitrogen and oxygen atoms in total. The average molecular weight is 223 g/mol. The fraction of sp³-hybridized carbons (Fsp3) is 0.462. The van der Waals surface area contributed by atoms with E-state index in [1.165, 1.54) is 6.07 Å². The summed E-state index contributed by atoms with van der Waals surface area (Å²) in [5, 5.41) is 0. The van der Waals surface area contributed by atoms with Crippen LogP contribution in [0.2, 0.25) is 0 Å². The number of carbonyl (C=O) groups excluding carboxylic acids is 1. The molecule has 16 heavy (non-hydrogen) atoms. The van der Waals surface area contributed by atoms with Gasteiger partial charge in [-0.05, 0) is 24.5 Å². The zero-order valence-corrected chi connectivity index (χ0v) is 9.96. The highest BCUT2D eigenvalue weighted by atomic mass is 19.1. The van der Waals surface area contributed by atoms with Gasteiger partial charge in [0, 0.05) is 18.0 Å². The molecule has 0 aliphatic heterocycles. The molecule has 0 fully saturated rings. The van der Waals surface area contributed by atoms with Gasteiger partial charge in [-0.15, -0.1) is 0 Å². The van der Waals surface area contributed by atoms with Crippen molar-refractivity contribution >= 4 is 5.78 Å². The number of benzene rings is 1. The SMILES string of the molecule is Cc1ccc(C(=O)C(CN)C(C)C)cc1F. The third-order valence-electron chi connectivity index (χ3n) is 2.85. The Morgan fingerprint density at radius 1 is 1.44 bits per heavy atom. The molecule has 0 aliphatic carbocycles. The number of rotatable bonds is 4. The average Bonchev–Trinajstić information content (AvgIpc) is 2.22. The van der Waals surface area contributed by atoms with Gasteiger partial charge in [-0.2, -0.15) is 0 Å². The van der Waals surface area contributed by atoms with Crippen molar-refractivity contribution in [3.05, 3.63) is 35.1 Å². The lowest BCUT2D eigenvalue weighted by Crippen LogP contribution is -2.28. The van der Waals surface area contributed by atoms with E-state index in [1.54, 1.807) is 19.1 Å². The Balaban J connectivity index is 2.99. The monoisotopic (exact) mass is 223 g/mol. The second-order valence-electron chi connectivity index (χ2n) is 4.41. The minimum Gasteiger partial charge on any atom is -0.330 e. The Morgan fingerprint density at radius 3 is 2.50 bits per heavy atom. The quantitative estimate of drug-likeness (QED) is 0.797. The topological polar surface area (TPSA) is 43.1 Å². The predicted molar refractivity (Wildman–Crippen MR) is 62.8 cm³/mol. The van der Waals surface area contributed by atoms with Crippen molar-refractivity contribution in [1.29, 1.82) is 0 Å². The first-order valence-electron chi connectivity index (χ1n) is 5.47. The van der Waals surface area contributed by atoms with Gasteiger partial charge in [0.2, 0.25) is 0 Å². The Morgan fingerprint density at radius 2 is 2.06 bits per heavy atom. The van der Waals surface area contributed by atoms with Crippen LogP contribution >= 0.6 is 0 Å². The molecule has 1 atom stereocenters. The summed E-state index contributed by atoms with van der Waals surface area (Å²) in [6.45, 7) is 5.86. The fourth-order valence-electron chi connectivity index (χ4n) is 1.64. The number of ketones is 1. The molecule has 0 heterocycles. The van der Waals surface area contributed by atoms with Gasteiger partial charge < -0.3 is 5.73 Å². The van der Waals surface area contributed by atoms with E-state index in [4.69, 9.17) is 5.73 Å². The van der Waals surface area contributed by atoms with E-state index in [9.17, 15) is 9.18 Å². The van der Waals surface area contributed by atoms with Crippen molar-refractivity contribution in [2.75, 3.05) is 6.54 Å². The summed E-state index contributed by atoms with van der Waals surface area (Å²) < 4.78 is 13.3. The zero-order chi connectivity index (χ0) is 12.3. The molecule has 1 unspecified atom stereocenters. The van der Waals surface area contributed by atoms with E-state index in [1.807, 2.05) is 13.8 Å². The highest BCUT2D eigenvalue weighted by molar-refractivity contribution is 5.98. The van der Waals surface area contributed by atoms with Crippen LogP contribution in [0.25, 0.3) is 0 Å². The second-order valence-corrected chi connectivity index (χ2v) is 4.41. The molecular weight excluding hydrogens is 205 g/mol. The van der Waals surface area contributed by atoms with Crippen LogP contribution in [0, 0.1) is 24.6 Å². The maximum absolute atomic E-state index is 13.3. The molecule has 2 N–H and O–H groups in total. The first kappa shape index (κ1) is 12.8. The van der Waals surface area contributed by atoms with Gasteiger partial charge in [-0.25, -0.2) is 4.39 Å². The summed E-state index contributed by atoms with van der Waals surface area (Å²) in [5.41, 5.74) is 6.52. The van der Waals surface area contributed by atoms with Gasteiger partial charge in [-0.1, -0.05) is 26.0 Å². The van der Waals surface area contributed by atoms with E-state index in [2.05, 4.69) is 0 Å². The van der Waals surface area contributed by atoms with Crippen LogP contribution in [0.1, 0.15) is 29.8 Å². The summed E-state index contributed by atoms with van der Waals surface area (Å²) >= 11 is 0. The van der Waals surface area contributed by atoms with Crippen molar-refractivity contribution < 1.29 is 9.18 Å². The third-order valence-corrected chi connectivity index (χ3v) is 2.85. The van der Waals surface area contributed by atoms with E-state index in [0.717, 1.165) is 0 Å². The third kappa shape index (κ3) is 2.67. The minimum absolute atomic E-state index is 0.0728. The van der Waals surface area contributed by atoms with Gasteiger partial charge >= 0.3 is 0 Å². The van der Waals surface area contributed by atoms with Crippen LogP contribution in [0.5, 0.6) is 0 Å². The molecule has 0 radical (unpaired) electrons. The standard InChI is InChI=1S/C13H18FNO/c1-8(2)11(7-15)13(16)10-5-4-9(3)12(14)6-10/h4-6,8,11H,7,15H2,1-3H3. The lowest BCUT2D eigenvalue weighted by molar-refractivity contribution is 0.0891. The van der Waals surface area contributed by atoms with Crippen molar-refractivity contribution in [1.82, 2.24) is 0 Å². The number of carbonyl (C=O) groups is 1. The molecule has 0 aliphatic rings. The number of hydrogen-bond donors (Lipinski definition) is 1. The molecule has 0 aromatic heterocycles. The summed E-state index contributed by atoms with van der Waals surface area (Å²) in [5.74, 6) is -0.481. The van der Waals surface area contributed by atoms with E-state index in [0.29, 0.717) is 17.7 Å². The van der Waals surface area contributed by atoms with E-state index < -0.39 is 0 Å². The number of Topliss-reactive ketones (excluding diaryl/α,β-unsaturated/α-hetero) is 1. The van der Waals surface area contributed by atoms with E-state index >= 15 is 0 Å². The molecule has 0 saturated heterocycles. The van der Waals surface area contributed by atoms with Gasteiger partial charge in [0.25, 0.3) is 0 Å². The van der Waals surface area contributed by atoms with Gasteiger partial charge in [-0.3, -0.25) is 4.79 Å². The number of nitrogens with two attached hydrogens (primary N) is 1. The number of halogens is 1. The van der Waals surface area contributed by atoms with Crippen LogP contribution in [-0.2, 0) is 0 Å². The first-order chi connectivity index (χ1) is 7.47. The maximum atomic E-state index is 13.3. The number of aryl methyl sites for hydroxylation is 1. The lowest BCUT2D eigenvalue weighted by atomic mass is 9.88. The molecule has 1 rings (SSSR count).